The van der Waals surface area contributed by atoms with E-state index in [0.29, 0.717) is 44.0 Å². The van der Waals surface area contributed by atoms with Gasteiger partial charge in [0.15, 0.2) is 0 Å². The summed E-state index contributed by atoms with van der Waals surface area (Å²) in [6, 6.07) is 14.1. The SMILES string of the molecule is CCCNC(=O)[C@@H](CC)N(Cc1cccc(C)c1)C(=O)CCCN(c1ccc(OCC)cc1)S(C)(=O)=O. The van der Waals surface area contributed by atoms with Gasteiger partial charge in [-0.3, -0.25) is 13.9 Å². The fraction of sp³-hybridized carbons (Fsp3) is 0.500. The van der Waals surface area contributed by atoms with Crippen molar-refractivity contribution in [1.82, 2.24) is 10.2 Å². The average Bonchev–Trinajstić information content (AvgIpc) is 2.85. The van der Waals surface area contributed by atoms with Crippen LogP contribution in [-0.4, -0.2) is 57.1 Å². The smallest absolute Gasteiger partial charge is 0.242 e. The Morgan fingerprint density at radius 1 is 1.05 bits per heavy atom. The van der Waals surface area contributed by atoms with E-state index in [1.54, 1.807) is 29.2 Å². The largest absolute Gasteiger partial charge is 0.494 e. The van der Waals surface area contributed by atoms with Crippen LogP contribution in [-0.2, 0) is 26.2 Å². The number of carbonyl (C=O) groups excluding carboxylic acids is 2. The van der Waals surface area contributed by atoms with E-state index in [0.717, 1.165) is 23.8 Å². The number of ether oxygens (including phenoxy) is 1. The lowest BCUT2D eigenvalue weighted by atomic mass is 10.1. The summed E-state index contributed by atoms with van der Waals surface area (Å²) in [7, 11) is -3.56. The van der Waals surface area contributed by atoms with Gasteiger partial charge >= 0.3 is 0 Å². The van der Waals surface area contributed by atoms with Crippen LogP contribution >= 0.6 is 0 Å². The monoisotopic (exact) mass is 531 g/mol. The molecule has 0 fully saturated rings. The Labute approximate surface area is 222 Å². The highest BCUT2D eigenvalue weighted by molar-refractivity contribution is 7.92. The van der Waals surface area contributed by atoms with Crippen molar-refractivity contribution in [2.24, 2.45) is 0 Å². The second-order valence-corrected chi connectivity index (χ2v) is 11.0. The molecule has 1 N–H and O–H groups in total. The Morgan fingerprint density at radius 3 is 2.32 bits per heavy atom. The van der Waals surface area contributed by atoms with E-state index in [-0.39, 0.29) is 24.8 Å². The third-order valence-corrected chi connectivity index (χ3v) is 7.15. The van der Waals surface area contributed by atoms with Crippen LogP contribution in [0.25, 0.3) is 0 Å². The molecule has 0 spiro atoms. The third kappa shape index (κ3) is 9.39. The number of benzene rings is 2. The highest BCUT2D eigenvalue weighted by atomic mass is 32.2. The van der Waals surface area contributed by atoms with Gasteiger partial charge in [0, 0.05) is 26.1 Å². The molecule has 0 bridgehead atoms. The van der Waals surface area contributed by atoms with Crippen molar-refractivity contribution in [3.05, 3.63) is 59.7 Å². The first-order chi connectivity index (χ1) is 17.6. The van der Waals surface area contributed by atoms with Gasteiger partial charge in [0.25, 0.3) is 0 Å². The molecule has 0 saturated heterocycles. The van der Waals surface area contributed by atoms with Gasteiger partial charge in [-0.15, -0.1) is 0 Å². The normalized spacial score (nSPS) is 12.0. The summed E-state index contributed by atoms with van der Waals surface area (Å²) < 4.78 is 31.8. The molecule has 37 heavy (non-hydrogen) atoms. The van der Waals surface area contributed by atoms with Crippen LogP contribution in [0.4, 0.5) is 5.69 Å². The summed E-state index contributed by atoms with van der Waals surface area (Å²) in [6.07, 6.45) is 2.87. The van der Waals surface area contributed by atoms with Crippen LogP contribution in [0.2, 0.25) is 0 Å². The van der Waals surface area contributed by atoms with Crippen LogP contribution in [0.5, 0.6) is 5.75 Å². The van der Waals surface area contributed by atoms with Crippen molar-refractivity contribution in [3.63, 3.8) is 0 Å². The number of nitrogens with zero attached hydrogens (tertiary/aromatic N) is 2. The summed E-state index contributed by atoms with van der Waals surface area (Å²) in [5, 5.41) is 2.91. The second-order valence-electron chi connectivity index (χ2n) is 9.09. The van der Waals surface area contributed by atoms with Gasteiger partial charge in [0.05, 0.1) is 18.6 Å². The van der Waals surface area contributed by atoms with Gasteiger partial charge in [0.1, 0.15) is 11.8 Å². The molecule has 2 amide bonds. The van der Waals surface area contributed by atoms with E-state index in [1.807, 2.05) is 52.0 Å². The molecule has 0 heterocycles. The van der Waals surface area contributed by atoms with E-state index in [1.165, 1.54) is 4.31 Å². The van der Waals surface area contributed by atoms with Crippen molar-refractivity contribution in [2.75, 3.05) is 30.3 Å². The lowest BCUT2D eigenvalue weighted by Crippen LogP contribution is -2.49. The van der Waals surface area contributed by atoms with Crippen molar-refractivity contribution in [1.29, 1.82) is 0 Å². The lowest BCUT2D eigenvalue weighted by Gasteiger charge is -2.31. The maximum atomic E-state index is 13.5. The number of amides is 2. The molecule has 9 heteroatoms. The number of hydrogen-bond acceptors (Lipinski definition) is 5. The number of aryl methyl sites for hydroxylation is 1. The second kappa shape index (κ2) is 14.6. The zero-order valence-electron chi connectivity index (χ0n) is 22.7. The predicted molar refractivity (Wildman–Crippen MR) is 148 cm³/mol. The molecular formula is C28H41N3O5S. The molecule has 2 aromatic carbocycles. The number of carbonyl (C=O) groups is 2. The van der Waals surface area contributed by atoms with Gasteiger partial charge in [0.2, 0.25) is 21.8 Å². The molecule has 8 nitrogen and oxygen atoms in total. The van der Waals surface area contributed by atoms with E-state index in [2.05, 4.69) is 5.32 Å². The molecule has 204 valence electrons. The molecule has 0 radical (unpaired) electrons. The summed E-state index contributed by atoms with van der Waals surface area (Å²) in [5.74, 6) is 0.311. The molecule has 0 saturated carbocycles. The minimum absolute atomic E-state index is 0.117. The summed E-state index contributed by atoms with van der Waals surface area (Å²) in [5.41, 5.74) is 2.54. The fourth-order valence-electron chi connectivity index (χ4n) is 4.17. The molecule has 2 aromatic rings. The molecule has 0 aliphatic heterocycles. The first kappa shape index (κ1) is 30.2. The molecule has 2 rings (SSSR count). The fourth-order valence-corrected chi connectivity index (χ4v) is 5.14. The highest BCUT2D eigenvalue weighted by Crippen LogP contribution is 2.23. The molecule has 0 aliphatic carbocycles. The number of anilines is 1. The minimum Gasteiger partial charge on any atom is -0.494 e. The maximum absolute atomic E-state index is 13.5. The van der Waals surface area contributed by atoms with Gasteiger partial charge in [-0.2, -0.15) is 0 Å². The lowest BCUT2D eigenvalue weighted by molar-refractivity contribution is -0.141. The zero-order valence-corrected chi connectivity index (χ0v) is 23.5. The Bertz CT molecular complexity index is 1120. The molecule has 0 aromatic heterocycles. The van der Waals surface area contributed by atoms with Crippen LogP contribution in [0.15, 0.2) is 48.5 Å². The third-order valence-electron chi connectivity index (χ3n) is 5.96. The number of nitrogens with one attached hydrogen (secondary N) is 1. The van der Waals surface area contributed by atoms with Crippen molar-refractivity contribution >= 4 is 27.5 Å². The Hall–Kier alpha value is -3.07. The van der Waals surface area contributed by atoms with Gasteiger partial charge < -0.3 is 15.0 Å². The van der Waals surface area contributed by atoms with Gasteiger partial charge in [-0.05, 0) is 62.9 Å². The summed E-state index contributed by atoms with van der Waals surface area (Å²) in [4.78, 5) is 28.0. The average molecular weight is 532 g/mol. The predicted octanol–water partition coefficient (Wildman–Crippen LogP) is 4.27. The first-order valence-corrected chi connectivity index (χ1v) is 14.8. The van der Waals surface area contributed by atoms with E-state index in [4.69, 9.17) is 4.74 Å². The zero-order chi connectivity index (χ0) is 27.4. The minimum atomic E-state index is -3.56. The van der Waals surface area contributed by atoms with Crippen molar-refractivity contribution in [2.45, 2.75) is 66.0 Å². The quantitative estimate of drug-likeness (QED) is 0.370. The molecule has 0 aliphatic rings. The topological polar surface area (TPSA) is 96.0 Å². The van der Waals surface area contributed by atoms with Crippen LogP contribution in [0, 0.1) is 6.92 Å². The maximum Gasteiger partial charge on any atom is 0.242 e. The van der Waals surface area contributed by atoms with Crippen LogP contribution in [0.1, 0.15) is 57.6 Å². The number of hydrogen-bond donors (Lipinski definition) is 1. The highest BCUT2D eigenvalue weighted by Gasteiger charge is 2.28. The Morgan fingerprint density at radius 2 is 1.76 bits per heavy atom. The summed E-state index contributed by atoms with van der Waals surface area (Å²) >= 11 is 0. The van der Waals surface area contributed by atoms with Gasteiger partial charge in [-0.25, -0.2) is 8.42 Å². The van der Waals surface area contributed by atoms with Crippen molar-refractivity contribution < 1.29 is 22.7 Å². The van der Waals surface area contributed by atoms with E-state index in [9.17, 15) is 18.0 Å². The van der Waals surface area contributed by atoms with Crippen molar-refractivity contribution in [3.8, 4) is 5.75 Å². The van der Waals surface area contributed by atoms with Crippen LogP contribution in [0.3, 0.4) is 0 Å². The first-order valence-electron chi connectivity index (χ1n) is 12.9. The standard InChI is InChI=1S/C28H41N3O5S/c1-6-18-29-28(33)26(7-2)30(21-23-12-9-11-22(4)20-23)27(32)13-10-19-31(37(5,34)35)24-14-16-25(17-15-24)36-8-3/h9,11-12,14-17,20,26H,6-8,10,13,18-19,21H2,1-5H3,(H,29,33)/t26-/m1/s1. The summed E-state index contributed by atoms with van der Waals surface area (Å²) in [6.45, 7) is 9.27. The van der Waals surface area contributed by atoms with E-state index >= 15 is 0 Å². The molecule has 1 atom stereocenters. The molecular weight excluding hydrogens is 490 g/mol. The Kier molecular flexibility index (Phi) is 11.9. The molecule has 0 unspecified atom stereocenters. The van der Waals surface area contributed by atoms with Crippen LogP contribution < -0.4 is 14.4 Å². The number of rotatable bonds is 15. The number of sulfonamides is 1. The Balaban J connectivity index is 2.19. The van der Waals surface area contributed by atoms with Gasteiger partial charge in [-0.1, -0.05) is 43.7 Å². The van der Waals surface area contributed by atoms with E-state index < -0.39 is 16.1 Å².